The maximum Gasteiger partial charge on any atom is 0.472 e. The van der Waals surface area contributed by atoms with E-state index in [0.717, 1.165) is 102 Å². The van der Waals surface area contributed by atoms with Crippen LogP contribution in [0, 0.1) is 17.8 Å². The number of aliphatic hydroxyl groups excluding tert-OH is 1. The molecule has 0 fully saturated rings. The van der Waals surface area contributed by atoms with Crippen LogP contribution in [0.3, 0.4) is 0 Å². The van der Waals surface area contributed by atoms with Crippen LogP contribution in [0.2, 0.25) is 0 Å². The van der Waals surface area contributed by atoms with E-state index in [1.54, 1.807) is 0 Å². The van der Waals surface area contributed by atoms with Gasteiger partial charge in [0, 0.05) is 25.7 Å². The first-order valence-corrected chi connectivity index (χ1v) is 40.9. The number of rotatable bonds is 71. The van der Waals surface area contributed by atoms with Crippen LogP contribution in [0.5, 0.6) is 0 Å². The Kier molecular flexibility index (Phi) is 62.4. The molecule has 6 atom stereocenters. The van der Waals surface area contributed by atoms with Gasteiger partial charge in [-0.25, -0.2) is 9.13 Å². The Bertz CT molecular complexity index is 1800. The zero-order chi connectivity index (χ0) is 68.0. The summed E-state index contributed by atoms with van der Waals surface area (Å²) in [7, 11) is -9.90. The van der Waals surface area contributed by atoms with Crippen LogP contribution in [-0.4, -0.2) is 96.7 Å². The van der Waals surface area contributed by atoms with Gasteiger partial charge in [-0.15, -0.1) is 0 Å². The molecule has 546 valence electrons. The van der Waals surface area contributed by atoms with E-state index in [0.29, 0.717) is 31.6 Å². The van der Waals surface area contributed by atoms with Gasteiger partial charge in [-0.1, -0.05) is 318 Å². The van der Waals surface area contributed by atoms with Crippen molar-refractivity contribution in [1.82, 2.24) is 0 Å². The summed E-state index contributed by atoms with van der Waals surface area (Å²) >= 11 is 0. The highest BCUT2D eigenvalue weighted by atomic mass is 31.2. The summed E-state index contributed by atoms with van der Waals surface area (Å²) in [6.45, 7) is 11.8. The standard InChI is InChI=1S/C73H142O17P2/c1-8-10-11-12-13-24-33-40-47-54-70(75)83-61-69(90-73(78)57-50-43-36-29-31-38-45-52-65(5)6)63-88-92(81,82)86-59-67(74)58-85-91(79,80)87-62-68(60-84-71(76)55-48-41-34-28-27-30-37-44-51-64(3)4)89-72(77)56-49-42-35-26-23-21-19-17-15-14-16-18-20-22-25-32-39-46-53-66(7)9-2/h64-69,74H,8-63H2,1-7H3,(H,79,80)(H,81,82)/t66?,67-,68-,69-/m1/s1. The quantitative estimate of drug-likeness (QED) is 0.0222. The summed E-state index contributed by atoms with van der Waals surface area (Å²) < 4.78 is 68.3. The SMILES string of the molecule is CCCCCCCCCCCC(=O)OC[C@H](COP(=O)(O)OC[C@H](O)COP(=O)(O)OC[C@@H](COC(=O)CCCCCCCCCCC(C)C)OC(=O)CCCCCCCCCCCCCCCCCCCCC(C)CC)OC(=O)CCCCCCCCCC(C)C. The summed E-state index contributed by atoms with van der Waals surface area (Å²) in [5, 5.41) is 10.6. The van der Waals surface area contributed by atoms with E-state index in [4.69, 9.17) is 37.0 Å². The third kappa shape index (κ3) is 65.4. The lowest BCUT2D eigenvalue weighted by molar-refractivity contribution is -0.161. The third-order valence-corrected chi connectivity index (χ3v) is 19.1. The number of aliphatic hydroxyl groups is 1. The summed E-state index contributed by atoms with van der Waals surface area (Å²) in [6, 6.07) is 0. The van der Waals surface area contributed by atoms with E-state index < -0.39 is 97.5 Å². The fourth-order valence-electron chi connectivity index (χ4n) is 11.0. The molecule has 0 saturated heterocycles. The number of phosphoric acid groups is 2. The molecule has 0 rings (SSSR count). The summed E-state index contributed by atoms with van der Waals surface area (Å²) in [5.41, 5.74) is 0. The van der Waals surface area contributed by atoms with Gasteiger partial charge in [0.1, 0.15) is 19.3 Å². The molecule has 92 heavy (non-hydrogen) atoms. The second kappa shape index (κ2) is 63.8. The van der Waals surface area contributed by atoms with Crippen molar-refractivity contribution in [1.29, 1.82) is 0 Å². The number of unbranched alkanes of at least 4 members (excludes halogenated alkanes) is 38. The molecule has 0 aromatic heterocycles. The van der Waals surface area contributed by atoms with Gasteiger partial charge in [-0.3, -0.25) is 37.3 Å². The average Bonchev–Trinajstić information content (AvgIpc) is 3.64. The fraction of sp³-hybridized carbons (Fsp3) is 0.945. The average molecular weight is 1350 g/mol. The molecule has 0 heterocycles. The molecule has 0 aliphatic rings. The first kappa shape index (κ1) is 90.1. The van der Waals surface area contributed by atoms with Crippen LogP contribution in [0.15, 0.2) is 0 Å². The lowest BCUT2D eigenvalue weighted by Gasteiger charge is -2.21. The Hall–Kier alpha value is -1.94. The lowest BCUT2D eigenvalue weighted by Crippen LogP contribution is -2.30. The number of carbonyl (C=O) groups excluding carboxylic acids is 4. The van der Waals surface area contributed by atoms with Crippen molar-refractivity contribution < 1.29 is 80.2 Å². The molecule has 0 aliphatic carbocycles. The van der Waals surface area contributed by atoms with Gasteiger partial charge in [0.25, 0.3) is 0 Å². The van der Waals surface area contributed by atoms with Crippen LogP contribution in [0.25, 0.3) is 0 Å². The van der Waals surface area contributed by atoms with Crippen molar-refractivity contribution in [2.24, 2.45) is 17.8 Å². The number of esters is 4. The smallest absolute Gasteiger partial charge is 0.462 e. The van der Waals surface area contributed by atoms with Gasteiger partial charge in [0.15, 0.2) is 12.2 Å². The van der Waals surface area contributed by atoms with Crippen molar-refractivity contribution >= 4 is 39.5 Å². The molecule has 0 aromatic rings. The second-order valence-electron chi connectivity index (χ2n) is 27.5. The lowest BCUT2D eigenvalue weighted by atomic mass is 9.99. The Morgan fingerprint density at radius 1 is 0.315 bits per heavy atom. The minimum Gasteiger partial charge on any atom is -0.462 e. The first-order chi connectivity index (χ1) is 44.3. The topological polar surface area (TPSA) is 237 Å². The minimum absolute atomic E-state index is 0.103. The molecule has 0 saturated carbocycles. The van der Waals surface area contributed by atoms with Crippen LogP contribution in [0.4, 0.5) is 0 Å². The van der Waals surface area contributed by atoms with Crippen LogP contribution in [0.1, 0.15) is 370 Å². The van der Waals surface area contributed by atoms with E-state index in [1.807, 2.05) is 0 Å². The van der Waals surface area contributed by atoms with Crippen LogP contribution in [-0.2, 0) is 65.4 Å². The number of carbonyl (C=O) groups is 4. The van der Waals surface area contributed by atoms with Crippen molar-refractivity contribution in [2.75, 3.05) is 39.6 Å². The predicted octanol–water partition coefficient (Wildman–Crippen LogP) is 21.0. The molecule has 0 amide bonds. The van der Waals surface area contributed by atoms with Gasteiger partial charge >= 0.3 is 39.5 Å². The second-order valence-corrected chi connectivity index (χ2v) is 30.4. The molecule has 19 heteroatoms. The maximum atomic E-state index is 13.0. The zero-order valence-corrected chi connectivity index (χ0v) is 61.8. The Labute approximate surface area is 562 Å². The van der Waals surface area contributed by atoms with Crippen LogP contribution < -0.4 is 0 Å². The van der Waals surface area contributed by atoms with Gasteiger partial charge in [0.2, 0.25) is 0 Å². The van der Waals surface area contributed by atoms with Gasteiger partial charge < -0.3 is 33.8 Å². The molecule has 0 aromatic carbocycles. The molecule has 0 spiro atoms. The van der Waals surface area contributed by atoms with E-state index in [1.165, 1.54) is 180 Å². The monoisotopic (exact) mass is 1350 g/mol. The van der Waals surface area contributed by atoms with Gasteiger partial charge in [-0.05, 0) is 43.4 Å². The number of ether oxygens (including phenoxy) is 4. The molecule has 0 bridgehead atoms. The normalized spacial score (nSPS) is 14.4. The highest BCUT2D eigenvalue weighted by Crippen LogP contribution is 2.45. The van der Waals surface area contributed by atoms with E-state index in [-0.39, 0.29) is 25.7 Å². The van der Waals surface area contributed by atoms with Crippen molar-refractivity contribution in [3.05, 3.63) is 0 Å². The zero-order valence-electron chi connectivity index (χ0n) is 60.0. The van der Waals surface area contributed by atoms with Gasteiger partial charge in [0.05, 0.1) is 26.4 Å². The van der Waals surface area contributed by atoms with E-state index >= 15 is 0 Å². The van der Waals surface area contributed by atoms with Crippen molar-refractivity contribution in [2.45, 2.75) is 388 Å². The van der Waals surface area contributed by atoms with E-state index in [2.05, 4.69) is 48.5 Å². The predicted molar refractivity (Wildman–Crippen MR) is 372 cm³/mol. The highest BCUT2D eigenvalue weighted by Gasteiger charge is 2.30. The molecular weight excluding hydrogens is 1210 g/mol. The molecule has 0 radical (unpaired) electrons. The fourth-order valence-corrected chi connectivity index (χ4v) is 12.6. The molecule has 3 N–H and O–H groups in total. The van der Waals surface area contributed by atoms with Gasteiger partial charge in [-0.2, -0.15) is 0 Å². The molecule has 17 nitrogen and oxygen atoms in total. The van der Waals surface area contributed by atoms with E-state index in [9.17, 15) is 43.2 Å². The minimum atomic E-state index is -4.95. The molecule has 3 unspecified atom stereocenters. The number of phosphoric ester groups is 2. The Morgan fingerprint density at radius 3 is 0.826 bits per heavy atom. The summed E-state index contributed by atoms with van der Waals surface area (Å²) in [5.74, 6) is 0.166. The number of hydrogen-bond donors (Lipinski definition) is 3. The Morgan fingerprint density at radius 2 is 0.554 bits per heavy atom. The molecule has 0 aliphatic heterocycles. The summed E-state index contributed by atoms with van der Waals surface area (Å²) in [4.78, 5) is 72.5. The Balaban J connectivity index is 5.14. The third-order valence-electron chi connectivity index (χ3n) is 17.2. The maximum absolute atomic E-state index is 13.0. The van der Waals surface area contributed by atoms with Crippen LogP contribution >= 0.6 is 15.6 Å². The van der Waals surface area contributed by atoms with Crippen molar-refractivity contribution in [3.63, 3.8) is 0 Å². The highest BCUT2D eigenvalue weighted by molar-refractivity contribution is 7.47. The number of hydrogen-bond acceptors (Lipinski definition) is 15. The summed E-state index contributed by atoms with van der Waals surface area (Å²) in [6.07, 6.45) is 48.8. The van der Waals surface area contributed by atoms with Crippen molar-refractivity contribution in [3.8, 4) is 0 Å². The first-order valence-electron chi connectivity index (χ1n) is 37.9. The molecular formula is C73H142O17P2. The largest absolute Gasteiger partial charge is 0.472 e.